The molecule has 0 bridgehead atoms. The van der Waals surface area contributed by atoms with Crippen LogP contribution in [0.4, 0.5) is 0 Å². The maximum Gasteiger partial charge on any atom is 0.323 e. The Hall–Kier alpha value is -1.10. The van der Waals surface area contributed by atoms with Crippen molar-refractivity contribution in [3.63, 3.8) is 0 Å². The van der Waals surface area contributed by atoms with Gasteiger partial charge in [0.1, 0.15) is 6.54 Å². The quantitative estimate of drug-likeness (QED) is 0.653. The fourth-order valence-electron chi connectivity index (χ4n) is 0.814. The van der Waals surface area contributed by atoms with E-state index in [1.807, 2.05) is 0 Å². The van der Waals surface area contributed by atoms with E-state index < -0.39 is 5.97 Å². The van der Waals surface area contributed by atoms with Gasteiger partial charge in [-0.3, -0.25) is 4.79 Å². The molecule has 1 aromatic rings. The molecule has 1 rings (SSSR count). The first-order valence-corrected chi connectivity index (χ1v) is 3.48. The Morgan fingerprint density at radius 3 is 2.91 bits per heavy atom. The monoisotopic (exact) mass is 172 g/mol. The van der Waals surface area contributed by atoms with E-state index in [1.165, 1.54) is 4.57 Å². The smallest absolute Gasteiger partial charge is 0.323 e. The van der Waals surface area contributed by atoms with Crippen LogP contribution in [0, 0.1) is 11.7 Å². The van der Waals surface area contributed by atoms with Crippen molar-refractivity contribution in [1.82, 2.24) is 9.55 Å². The number of carboxylic acids is 1. The molecule has 0 aliphatic carbocycles. The van der Waals surface area contributed by atoms with Crippen molar-refractivity contribution in [3.05, 3.63) is 16.7 Å². The molecule has 0 radical (unpaired) electrons. The van der Waals surface area contributed by atoms with Gasteiger partial charge in [-0.05, 0) is 19.1 Å². The maximum atomic E-state index is 10.3. The highest BCUT2D eigenvalue weighted by molar-refractivity contribution is 7.71. The molecule has 0 spiro atoms. The number of aromatic amines is 1. The largest absolute Gasteiger partial charge is 0.480 e. The van der Waals surface area contributed by atoms with Crippen LogP contribution in [-0.2, 0) is 11.3 Å². The number of nitrogens with one attached hydrogen (secondary N) is 1. The van der Waals surface area contributed by atoms with Gasteiger partial charge >= 0.3 is 5.97 Å². The summed E-state index contributed by atoms with van der Waals surface area (Å²) in [5.74, 6) is -0.885. The minimum atomic E-state index is -0.885. The van der Waals surface area contributed by atoms with Crippen LogP contribution in [0.5, 0.6) is 0 Å². The van der Waals surface area contributed by atoms with Crippen molar-refractivity contribution >= 4 is 18.2 Å². The second-order valence-electron chi connectivity index (χ2n) is 2.22. The average molecular weight is 172 g/mol. The predicted octanol–water partition coefficient (Wildman–Crippen LogP) is 0.939. The van der Waals surface area contributed by atoms with Gasteiger partial charge in [-0.2, -0.15) is 0 Å². The van der Waals surface area contributed by atoms with Crippen molar-refractivity contribution in [1.29, 1.82) is 0 Å². The fourth-order valence-corrected chi connectivity index (χ4v) is 1.08. The van der Waals surface area contributed by atoms with E-state index in [1.54, 1.807) is 13.1 Å². The van der Waals surface area contributed by atoms with Gasteiger partial charge in [0.2, 0.25) is 0 Å². The molecule has 0 unspecified atom stereocenters. The van der Waals surface area contributed by atoms with E-state index in [9.17, 15) is 4.79 Å². The second-order valence-corrected chi connectivity index (χ2v) is 2.60. The van der Waals surface area contributed by atoms with Gasteiger partial charge < -0.3 is 14.7 Å². The Kier molecular flexibility index (Phi) is 2.09. The van der Waals surface area contributed by atoms with E-state index in [0.29, 0.717) is 4.77 Å². The Balaban J connectivity index is 3.01. The number of hydrogen-bond donors (Lipinski definition) is 2. The van der Waals surface area contributed by atoms with Crippen molar-refractivity contribution in [2.75, 3.05) is 0 Å². The topological polar surface area (TPSA) is 58.0 Å². The molecule has 0 saturated carbocycles. The molecular weight excluding hydrogens is 164 g/mol. The molecule has 0 saturated heterocycles. The lowest BCUT2D eigenvalue weighted by molar-refractivity contribution is -0.137. The van der Waals surface area contributed by atoms with E-state index in [-0.39, 0.29) is 6.54 Å². The van der Waals surface area contributed by atoms with Crippen molar-refractivity contribution in [2.45, 2.75) is 13.5 Å². The molecule has 2 N–H and O–H groups in total. The van der Waals surface area contributed by atoms with Crippen LogP contribution in [-0.4, -0.2) is 20.6 Å². The zero-order chi connectivity index (χ0) is 8.43. The molecule has 11 heavy (non-hydrogen) atoms. The third-order valence-corrected chi connectivity index (χ3v) is 1.71. The minimum absolute atomic E-state index is 0.0752. The zero-order valence-electron chi connectivity index (χ0n) is 6.00. The SMILES string of the molecule is Cc1c[nH]c(=S)n1CC(=O)O. The summed E-state index contributed by atoms with van der Waals surface area (Å²) in [5.41, 5.74) is 0.831. The van der Waals surface area contributed by atoms with Crippen molar-refractivity contribution in [2.24, 2.45) is 0 Å². The van der Waals surface area contributed by atoms with E-state index in [2.05, 4.69) is 4.98 Å². The lowest BCUT2D eigenvalue weighted by Crippen LogP contribution is -2.09. The molecule has 0 aromatic carbocycles. The second kappa shape index (κ2) is 2.87. The Bertz CT molecular complexity index is 326. The van der Waals surface area contributed by atoms with Gasteiger partial charge in [0.15, 0.2) is 4.77 Å². The Morgan fingerprint density at radius 2 is 2.55 bits per heavy atom. The number of aromatic nitrogens is 2. The summed E-state index contributed by atoms with van der Waals surface area (Å²) in [4.78, 5) is 13.0. The Labute approximate surface area is 68.5 Å². The van der Waals surface area contributed by atoms with Gasteiger partial charge in [0.25, 0.3) is 0 Å². The van der Waals surface area contributed by atoms with Crippen molar-refractivity contribution in [3.8, 4) is 0 Å². The number of aryl methyl sites for hydroxylation is 1. The summed E-state index contributed by atoms with van der Waals surface area (Å²) in [7, 11) is 0. The summed E-state index contributed by atoms with van der Waals surface area (Å²) in [6, 6.07) is 0. The Morgan fingerprint density at radius 1 is 1.91 bits per heavy atom. The van der Waals surface area contributed by atoms with Gasteiger partial charge in [0.05, 0.1) is 0 Å². The molecule has 0 aliphatic heterocycles. The first-order chi connectivity index (χ1) is 5.11. The van der Waals surface area contributed by atoms with E-state index >= 15 is 0 Å². The highest BCUT2D eigenvalue weighted by Crippen LogP contribution is 1.98. The number of rotatable bonds is 2. The normalized spacial score (nSPS) is 9.91. The van der Waals surface area contributed by atoms with Gasteiger partial charge in [-0.1, -0.05) is 0 Å². The first kappa shape index (κ1) is 8.00. The van der Waals surface area contributed by atoms with Gasteiger partial charge in [0, 0.05) is 11.9 Å². The summed E-state index contributed by atoms with van der Waals surface area (Å²) >= 11 is 4.84. The zero-order valence-corrected chi connectivity index (χ0v) is 6.81. The summed E-state index contributed by atoms with van der Waals surface area (Å²) in [6.45, 7) is 1.73. The van der Waals surface area contributed by atoms with Gasteiger partial charge in [-0.25, -0.2) is 0 Å². The molecule has 0 fully saturated rings. The summed E-state index contributed by atoms with van der Waals surface area (Å²) < 4.78 is 1.97. The lowest BCUT2D eigenvalue weighted by atomic mass is 10.5. The lowest BCUT2D eigenvalue weighted by Gasteiger charge is -1.98. The molecule has 1 heterocycles. The summed E-state index contributed by atoms with van der Waals surface area (Å²) in [5, 5.41) is 8.45. The highest BCUT2D eigenvalue weighted by atomic mass is 32.1. The average Bonchev–Trinajstić information content (AvgIpc) is 2.18. The van der Waals surface area contributed by atoms with Crippen molar-refractivity contribution < 1.29 is 9.90 Å². The number of H-pyrrole nitrogens is 1. The van der Waals surface area contributed by atoms with Crippen LogP contribution in [0.2, 0.25) is 0 Å². The highest BCUT2D eigenvalue weighted by Gasteiger charge is 2.02. The van der Waals surface area contributed by atoms with Crippen LogP contribution < -0.4 is 0 Å². The van der Waals surface area contributed by atoms with Crippen LogP contribution >= 0.6 is 12.2 Å². The molecule has 0 atom stereocenters. The third kappa shape index (κ3) is 1.68. The standard InChI is InChI=1S/C6H8N2O2S/c1-4-2-7-6(11)8(4)3-5(9)10/h2H,3H2,1H3,(H,7,11)(H,9,10). The van der Waals surface area contributed by atoms with Gasteiger partial charge in [-0.15, -0.1) is 0 Å². The molecule has 0 aliphatic rings. The third-order valence-electron chi connectivity index (χ3n) is 1.37. The number of carbonyl (C=O) groups is 1. The molecule has 0 amide bonds. The van der Waals surface area contributed by atoms with Crippen LogP contribution in [0.25, 0.3) is 0 Å². The molecule has 4 nitrogen and oxygen atoms in total. The molecule has 5 heteroatoms. The van der Waals surface area contributed by atoms with Crippen LogP contribution in [0.15, 0.2) is 6.20 Å². The van der Waals surface area contributed by atoms with E-state index in [4.69, 9.17) is 17.3 Å². The molecule has 60 valence electrons. The molecule has 1 aromatic heterocycles. The fraction of sp³-hybridized carbons (Fsp3) is 0.333. The molecular formula is C6H8N2O2S. The maximum absolute atomic E-state index is 10.3. The number of aliphatic carboxylic acids is 1. The van der Waals surface area contributed by atoms with Crippen LogP contribution in [0.3, 0.4) is 0 Å². The van der Waals surface area contributed by atoms with Crippen LogP contribution in [0.1, 0.15) is 5.69 Å². The number of hydrogen-bond acceptors (Lipinski definition) is 2. The number of nitrogens with zero attached hydrogens (tertiary/aromatic N) is 1. The number of imidazole rings is 1. The predicted molar refractivity (Wildman–Crippen MR) is 42.0 cm³/mol. The van der Waals surface area contributed by atoms with E-state index in [0.717, 1.165) is 5.69 Å². The number of carboxylic acid groups (broad SMARTS) is 1. The summed E-state index contributed by atoms with van der Waals surface area (Å²) in [6.07, 6.45) is 1.69. The first-order valence-electron chi connectivity index (χ1n) is 3.08. The minimum Gasteiger partial charge on any atom is -0.480 e.